The average Bonchev–Trinajstić information content (AvgIpc) is 2.77. The van der Waals surface area contributed by atoms with Crippen molar-refractivity contribution in [1.82, 2.24) is 9.78 Å². The molecule has 2 fully saturated rings. The molecule has 1 N–H and O–H groups in total. The highest BCUT2D eigenvalue weighted by atomic mass is 35.5. The van der Waals surface area contributed by atoms with Crippen molar-refractivity contribution in [1.29, 1.82) is 0 Å². The van der Waals surface area contributed by atoms with E-state index in [0.717, 1.165) is 45.4 Å². The largest absolute Gasteiger partial charge is 0.466 e. The van der Waals surface area contributed by atoms with E-state index in [1.165, 1.54) is 4.68 Å². The molecule has 0 bridgehead atoms. The highest BCUT2D eigenvalue weighted by molar-refractivity contribution is 6.32. The molecular weight excluding hydrogens is 394 g/mol. The molecule has 0 spiro atoms. The predicted octanol–water partition coefficient (Wildman–Crippen LogP) is 4.06. The molecule has 1 aliphatic heterocycles. The first-order valence-corrected chi connectivity index (χ1v) is 11.2. The summed E-state index contributed by atoms with van der Waals surface area (Å²) < 4.78 is 12.0. The molecule has 1 unspecified atom stereocenters. The van der Waals surface area contributed by atoms with Gasteiger partial charge in [0.05, 0.1) is 37.1 Å². The Bertz CT molecular complexity index is 696. The lowest BCUT2D eigenvalue weighted by Crippen LogP contribution is -2.33. The summed E-state index contributed by atoms with van der Waals surface area (Å²) in [5.74, 6) is 0.210. The molecule has 2 aliphatic rings. The Kier molecular flexibility index (Phi) is 9.94. The first-order chi connectivity index (χ1) is 14.1. The molecule has 164 valence electrons. The van der Waals surface area contributed by atoms with Crippen molar-refractivity contribution >= 4 is 23.3 Å². The zero-order valence-electron chi connectivity index (χ0n) is 17.8. The molecule has 29 heavy (non-hydrogen) atoms. The summed E-state index contributed by atoms with van der Waals surface area (Å²) in [6.45, 7) is 8.49. The van der Waals surface area contributed by atoms with Crippen LogP contribution in [0.3, 0.4) is 0 Å². The summed E-state index contributed by atoms with van der Waals surface area (Å²) in [4.78, 5) is 24.5. The van der Waals surface area contributed by atoms with Crippen LogP contribution < -0.4 is 10.9 Å². The maximum Gasteiger partial charge on any atom is 0.308 e. The van der Waals surface area contributed by atoms with E-state index in [9.17, 15) is 9.59 Å². The van der Waals surface area contributed by atoms with Crippen LogP contribution in [0.25, 0.3) is 0 Å². The molecule has 1 aromatic rings. The number of rotatable bonds is 6. The summed E-state index contributed by atoms with van der Waals surface area (Å²) in [6, 6.07) is -0.0264. The second-order valence-electron chi connectivity index (χ2n) is 7.34. The molecule has 0 aromatic carbocycles. The van der Waals surface area contributed by atoms with Gasteiger partial charge in [0, 0.05) is 13.2 Å². The Morgan fingerprint density at radius 2 is 2.03 bits per heavy atom. The smallest absolute Gasteiger partial charge is 0.308 e. The predicted molar refractivity (Wildman–Crippen MR) is 115 cm³/mol. The van der Waals surface area contributed by atoms with Crippen molar-refractivity contribution < 1.29 is 14.3 Å². The van der Waals surface area contributed by atoms with Gasteiger partial charge in [0.15, 0.2) is 0 Å². The summed E-state index contributed by atoms with van der Waals surface area (Å²) in [7, 11) is 0. The van der Waals surface area contributed by atoms with Gasteiger partial charge in [-0.2, -0.15) is 5.10 Å². The topological polar surface area (TPSA) is 82.5 Å². The minimum absolute atomic E-state index is 0.0264. The Morgan fingerprint density at radius 1 is 1.31 bits per heavy atom. The van der Waals surface area contributed by atoms with Crippen LogP contribution in [0, 0.1) is 11.8 Å². The fourth-order valence-electron chi connectivity index (χ4n) is 3.87. The number of ether oxygens (including phenoxy) is 2. The number of nitrogens with zero attached hydrogens (tertiary/aromatic N) is 2. The van der Waals surface area contributed by atoms with Crippen LogP contribution in [-0.2, 0) is 14.3 Å². The Labute approximate surface area is 178 Å². The average molecular weight is 428 g/mol. The van der Waals surface area contributed by atoms with Gasteiger partial charge in [-0.25, -0.2) is 4.68 Å². The van der Waals surface area contributed by atoms with Gasteiger partial charge in [-0.3, -0.25) is 9.59 Å². The van der Waals surface area contributed by atoms with Gasteiger partial charge in [0.25, 0.3) is 5.56 Å². The minimum atomic E-state index is -0.277. The normalized spacial score (nSPS) is 24.2. The molecule has 3 rings (SSSR count). The number of hydrogen-bond donors (Lipinski definition) is 1. The molecule has 0 radical (unpaired) electrons. The summed E-state index contributed by atoms with van der Waals surface area (Å²) in [6.07, 6.45) is 6.66. The second kappa shape index (κ2) is 12.2. The van der Waals surface area contributed by atoms with Gasteiger partial charge in [-0.15, -0.1) is 0 Å². The van der Waals surface area contributed by atoms with Gasteiger partial charge in [-0.05, 0) is 51.4 Å². The lowest BCUT2D eigenvalue weighted by atomic mass is 9.86. The Balaban J connectivity index is 0.00000145. The highest BCUT2D eigenvalue weighted by Crippen LogP contribution is 2.32. The van der Waals surface area contributed by atoms with E-state index in [1.807, 2.05) is 20.8 Å². The monoisotopic (exact) mass is 427 g/mol. The molecule has 7 nitrogen and oxygen atoms in total. The van der Waals surface area contributed by atoms with Crippen molar-refractivity contribution in [3.05, 3.63) is 21.6 Å². The maximum absolute atomic E-state index is 12.7. The third-order valence-corrected chi connectivity index (χ3v) is 5.81. The van der Waals surface area contributed by atoms with Crippen LogP contribution in [0.15, 0.2) is 11.0 Å². The van der Waals surface area contributed by atoms with Crippen molar-refractivity contribution in [2.24, 2.45) is 11.8 Å². The third-order valence-electron chi connectivity index (χ3n) is 5.44. The van der Waals surface area contributed by atoms with Gasteiger partial charge >= 0.3 is 5.97 Å². The molecule has 1 aliphatic carbocycles. The SMILES string of the molecule is CC.CCOC(=O)C1CCC(n2ncc(NCC3CCCOC3)c(Cl)c2=O)CC1. The molecule has 1 saturated carbocycles. The van der Waals surface area contributed by atoms with Gasteiger partial charge in [-0.1, -0.05) is 25.4 Å². The number of aromatic nitrogens is 2. The summed E-state index contributed by atoms with van der Waals surface area (Å²) in [5, 5.41) is 7.76. The fourth-order valence-corrected chi connectivity index (χ4v) is 4.07. The summed E-state index contributed by atoms with van der Waals surface area (Å²) >= 11 is 6.31. The molecular formula is C21H34ClN3O4. The lowest BCUT2D eigenvalue weighted by Gasteiger charge is -2.28. The van der Waals surface area contributed by atoms with E-state index in [4.69, 9.17) is 21.1 Å². The van der Waals surface area contributed by atoms with Crippen molar-refractivity contribution in [3.63, 3.8) is 0 Å². The van der Waals surface area contributed by atoms with E-state index in [-0.39, 0.29) is 28.5 Å². The number of carbonyl (C=O) groups is 1. The standard InChI is InChI=1S/C19H28ClN3O4.C2H6/c1-2-27-19(25)14-5-7-15(8-6-14)23-18(24)17(20)16(11-22-23)21-10-13-4-3-9-26-12-13;1-2/h11,13-15,21H,2-10,12H2,1H3;1-2H3. The van der Waals surface area contributed by atoms with E-state index < -0.39 is 0 Å². The van der Waals surface area contributed by atoms with Crippen LogP contribution in [0.2, 0.25) is 5.02 Å². The number of carbonyl (C=O) groups excluding carboxylic acids is 1. The summed E-state index contributed by atoms with van der Waals surface area (Å²) in [5.41, 5.74) is 0.296. The van der Waals surface area contributed by atoms with E-state index in [1.54, 1.807) is 6.20 Å². The zero-order chi connectivity index (χ0) is 21.2. The Hall–Kier alpha value is -1.60. The number of anilines is 1. The molecule has 2 heterocycles. The number of halogens is 1. The Morgan fingerprint density at radius 3 is 2.66 bits per heavy atom. The molecule has 0 amide bonds. The second-order valence-corrected chi connectivity index (χ2v) is 7.72. The molecule has 1 aromatic heterocycles. The van der Waals surface area contributed by atoms with Crippen LogP contribution in [0.1, 0.15) is 65.3 Å². The van der Waals surface area contributed by atoms with E-state index in [0.29, 0.717) is 31.1 Å². The first kappa shape index (κ1) is 23.7. The quantitative estimate of drug-likeness (QED) is 0.689. The molecule has 1 atom stereocenters. The zero-order valence-corrected chi connectivity index (χ0v) is 18.5. The van der Waals surface area contributed by atoms with Crippen LogP contribution in [-0.4, -0.2) is 42.1 Å². The van der Waals surface area contributed by atoms with Crippen molar-refractivity contribution in [2.45, 2.75) is 65.3 Å². The lowest BCUT2D eigenvalue weighted by molar-refractivity contribution is -0.149. The van der Waals surface area contributed by atoms with Crippen molar-refractivity contribution in [3.8, 4) is 0 Å². The van der Waals surface area contributed by atoms with Crippen molar-refractivity contribution in [2.75, 3.05) is 31.7 Å². The third kappa shape index (κ3) is 6.44. The maximum atomic E-state index is 12.7. The molecule has 8 heteroatoms. The highest BCUT2D eigenvalue weighted by Gasteiger charge is 2.29. The van der Waals surface area contributed by atoms with Crippen LogP contribution in [0.5, 0.6) is 0 Å². The van der Waals surface area contributed by atoms with Gasteiger partial charge in [0.2, 0.25) is 0 Å². The number of esters is 1. The van der Waals surface area contributed by atoms with Crippen LogP contribution in [0.4, 0.5) is 5.69 Å². The first-order valence-electron chi connectivity index (χ1n) is 10.9. The number of hydrogen-bond acceptors (Lipinski definition) is 6. The van der Waals surface area contributed by atoms with E-state index in [2.05, 4.69) is 10.4 Å². The minimum Gasteiger partial charge on any atom is -0.466 e. The van der Waals surface area contributed by atoms with E-state index >= 15 is 0 Å². The number of nitrogens with one attached hydrogen (secondary N) is 1. The van der Waals surface area contributed by atoms with Crippen LogP contribution >= 0.6 is 11.6 Å². The van der Waals surface area contributed by atoms with Gasteiger partial charge in [0.1, 0.15) is 5.02 Å². The molecule has 1 saturated heterocycles. The van der Waals surface area contributed by atoms with Gasteiger partial charge < -0.3 is 14.8 Å². The fraction of sp³-hybridized carbons (Fsp3) is 0.762.